The van der Waals surface area contributed by atoms with Gasteiger partial charge in [0.25, 0.3) is 0 Å². The zero-order chi connectivity index (χ0) is 23.9. The Balaban J connectivity index is 1.51. The largest absolute Gasteiger partial charge is 0.488 e. The fourth-order valence-corrected chi connectivity index (χ4v) is 3.80. The van der Waals surface area contributed by atoms with E-state index in [0.717, 1.165) is 33.0 Å². The molecule has 34 heavy (non-hydrogen) atoms. The van der Waals surface area contributed by atoms with Crippen molar-refractivity contribution < 1.29 is 9.53 Å². The molecule has 0 bridgehead atoms. The molecule has 0 aliphatic carbocycles. The first kappa shape index (κ1) is 22.8. The highest BCUT2D eigenvalue weighted by atomic mass is 16.5. The molecule has 0 radical (unpaired) electrons. The van der Waals surface area contributed by atoms with Crippen molar-refractivity contribution in [2.75, 3.05) is 0 Å². The van der Waals surface area contributed by atoms with Gasteiger partial charge in [0.05, 0.1) is 24.3 Å². The Hall–Kier alpha value is -4.43. The smallest absolute Gasteiger partial charge is 0.244 e. The first-order chi connectivity index (χ1) is 16.5. The number of nitrogens with zero attached hydrogens (tertiary/aromatic N) is 2. The van der Waals surface area contributed by atoms with E-state index in [1.807, 2.05) is 74.5 Å². The molecule has 168 valence electrons. The van der Waals surface area contributed by atoms with Crippen LogP contribution in [-0.4, -0.2) is 12.1 Å². The molecule has 0 fully saturated rings. The summed E-state index contributed by atoms with van der Waals surface area (Å²) in [4.78, 5) is 12.5. The molecule has 0 aliphatic rings. The Kier molecular flexibility index (Phi) is 7.00. The van der Waals surface area contributed by atoms with Crippen LogP contribution in [0.3, 0.4) is 0 Å². The number of nitrogens with one attached hydrogen (secondary N) is 1. The van der Waals surface area contributed by atoms with Gasteiger partial charge in [0, 0.05) is 5.56 Å². The third-order valence-electron chi connectivity index (χ3n) is 5.64. The second kappa shape index (κ2) is 10.5. The topological polar surface area (TPSA) is 74.5 Å². The van der Waals surface area contributed by atoms with Crippen LogP contribution < -0.4 is 10.2 Å². The predicted molar refractivity (Wildman–Crippen MR) is 135 cm³/mol. The van der Waals surface area contributed by atoms with Crippen molar-refractivity contribution in [1.29, 1.82) is 5.26 Å². The van der Waals surface area contributed by atoms with Crippen LogP contribution >= 0.6 is 0 Å². The van der Waals surface area contributed by atoms with Gasteiger partial charge >= 0.3 is 0 Å². The molecule has 5 heteroatoms. The number of nitriles is 1. The summed E-state index contributed by atoms with van der Waals surface area (Å²) >= 11 is 0. The van der Waals surface area contributed by atoms with Gasteiger partial charge < -0.3 is 4.74 Å². The molecule has 0 unspecified atom stereocenters. The highest BCUT2D eigenvalue weighted by molar-refractivity contribution is 6.02. The van der Waals surface area contributed by atoms with E-state index in [-0.39, 0.29) is 12.3 Å². The quantitative estimate of drug-likeness (QED) is 0.296. The summed E-state index contributed by atoms with van der Waals surface area (Å²) in [7, 11) is 0. The minimum absolute atomic E-state index is 0.177. The normalized spacial score (nSPS) is 10.9. The first-order valence-corrected chi connectivity index (χ1v) is 11.0. The number of aryl methyl sites for hydroxylation is 2. The van der Waals surface area contributed by atoms with Gasteiger partial charge in [-0.2, -0.15) is 10.4 Å². The molecular weight excluding hydrogens is 422 g/mol. The number of ether oxygens (including phenoxy) is 1. The molecule has 1 N–H and O–H groups in total. The number of carbonyl (C=O) groups is 1. The molecule has 0 atom stereocenters. The van der Waals surface area contributed by atoms with E-state index in [4.69, 9.17) is 10.00 Å². The summed E-state index contributed by atoms with van der Waals surface area (Å²) in [6.07, 6.45) is 1.90. The maximum Gasteiger partial charge on any atom is 0.244 e. The Morgan fingerprint density at radius 3 is 2.59 bits per heavy atom. The summed E-state index contributed by atoms with van der Waals surface area (Å²) in [5, 5.41) is 15.2. The Morgan fingerprint density at radius 2 is 1.82 bits per heavy atom. The van der Waals surface area contributed by atoms with Crippen LogP contribution in [0.1, 0.15) is 33.4 Å². The summed E-state index contributed by atoms with van der Waals surface area (Å²) < 4.78 is 6.10. The number of hydrogen-bond donors (Lipinski definition) is 1. The molecule has 4 rings (SSSR count). The third-order valence-corrected chi connectivity index (χ3v) is 5.64. The highest BCUT2D eigenvalue weighted by Gasteiger charge is 2.09. The molecule has 0 heterocycles. The van der Waals surface area contributed by atoms with Crippen molar-refractivity contribution in [2.45, 2.75) is 26.9 Å². The van der Waals surface area contributed by atoms with Gasteiger partial charge in [0.1, 0.15) is 12.4 Å². The van der Waals surface area contributed by atoms with Gasteiger partial charge in [-0.3, -0.25) is 4.79 Å². The lowest BCUT2D eigenvalue weighted by Gasteiger charge is -2.12. The molecule has 5 nitrogen and oxygen atoms in total. The van der Waals surface area contributed by atoms with Crippen LogP contribution in [0.4, 0.5) is 0 Å². The van der Waals surface area contributed by atoms with Crippen molar-refractivity contribution in [2.24, 2.45) is 5.10 Å². The minimum atomic E-state index is -0.177. The van der Waals surface area contributed by atoms with Gasteiger partial charge in [0.2, 0.25) is 5.91 Å². The van der Waals surface area contributed by atoms with E-state index in [9.17, 15) is 4.79 Å². The third kappa shape index (κ3) is 5.48. The molecule has 0 aromatic heterocycles. The Morgan fingerprint density at radius 1 is 1.03 bits per heavy atom. The second-order valence-corrected chi connectivity index (χ2v) is 8.20. The summed E-state index contributed by atoms with van der Waals surface area (Å²) in [5.41, 5.74) is 8.24. The van der Waals surface area contributed by atoms with Gasteiger partial charge in [-0.25, -0.2) is 5.43 Å². The highest BCUT2D eigenvalue weighted by Crippen LogP contribution is 2.27. The maximum atomic E-state index is 12.5. The van der Waals surface area contributed by atoms with Crippen molar-refractivity contribution in [3.05, 3.63) is 112 Å². The van der Waals surface area contributed by atoms with Gasteiger partial charge in [0.15, 0.2) is 0 Å². The van der Waals surface area contributed by atoms with Crippen molar-refractivity contribution in [3.63, 3.8) is 0 Å². The van der Waals surface area contributed by atoms with E-state index in [1.54, 1.807) is 18.3 Å². The minimum Gasteiger partial charge on any atom is -0.488 e. The van der Waals surface area contributed by atoms with Crippen molar-refractivity contribution in [3.8, 4) is 11.8 Å². The van der Waals surface area contributed by atoms with Gasteiger partial charge in [-0.1, -0.05) is 66.2 Å². The van der Waals surface area contributed by atoms with Crippen LogP contribution in [0, 0.1) is 25.2 Å². The summed E-state index contributed by atoms with van der Waals surface area (Å²) in [6, 6.07) is 27.3. The zero-order valence-corrected chi connectivity index (χ0v) is 19.2. The van der Waals surface area contributed by atoms with Crippen LogP contribution in [-0.2, 0) is 17.8 Å². The molecular formula is C29H25N3O2. The number of hydrogen-bond acceptors (Lipinski definition) is 4. The molecule has 0 spiro atoms. The standard InChI is InChI=1S/C29H25N3O2/c1-20-7-12-25(21(2)15-20)16-29(33)32-31-18-27-26-6-4-3-5-24(26)13-14-28(27)34-19-23-10-8-22(17-30)9-11-23/h3-15,18H,16,19H2,1-2H3,(H,32,33)/b31-18+. The van der Waals surface area contributed by atoms with Crippen LogP contribution in [0.15, 0.2) is 84.0 Å². The molecule has 4 aromatic carbocycles. The van der Waals surface area contributed by atoms with E-state index >= 15 is 0 Å². The number of rotatable bonds is 7. The average molecular weight is 448 g/mol. The predicted octanol–water partition coefficient (Wildman–Crippen LogP) is 5.60. The number of hydrazone groups is 1. The summed E-state index contributed by atoms with van der Waals surface area (Å²) in [5.74, 6) is 0.485. The van der Waals surface area contributed by atoms with Crippen LogP contribution in [0.2, 0.25) is 0 Å². The lowest BCUT2D eigenvalue weighted by molar-refractivity contribution is -0.120. The second-order valence-electron chi connectivity index (χ2n) is 8.20. The lowest BCUT2D eigenvalue weighted by atomic mass is 10.0. The fourth-order valence-electron chi connectivity index (χ4n) is 3.80. The Bertz CT molecular complexity index is 1400. The van der Waals surface area contributed by atoms with Gasteiger partial charge in [-0.05, 0) is 59.5 Å². The van der Waals surface area contributed by atoms with E-state index in [0.29, 0.717) is 17.9 Å². The van der Waals surface area contributed by atoms with E-state index in [1.165, 1.54) is 5.56 Å². The lowest BCUT2D eigenvalue weighted by Crippen LogP contribution is -2.20. The fraction of sp³-hybridized carbons (Fsp3) is 0.138. The molecule has 1 amide bonds. The number of carbonyl (C=O) groups excluding carboxylic acids is 1. The van der Waals surface area contributed by atoms with Crippen molar-refractivity contribution in [1.82, 2.24) is 5.43 Å². The number of fused-ring (bicyclic) bond motifs is 1. The summed E-state index contributed by atoms with van der Waals surface area (Å²) in [6.45, 7) is 4.39. The van der Waals surface area contributed by atoms with Crippen LogP contribution in [0.25, 0.3) is 10.8 Å². The monoisotopic (exact) mass is 447 g/mol. The van der Waals surface area contributed by atoms with Crippen molar-refractivity contribution >= 4 is 22.9 Å². The number of amides is 1. The first-order valence-electron chi connectivity index (χ1n) is 11.0. The number of benzene rings is 4. The molecule has 0 saturated heterocycles. The SMILES string of the molecule is Cc1ccc(CC(=O)N/N=C/c2c(OCc3ccc(C#N)cc3)ccc3ccccc23)c(C)c1. The van der Waals surface area contributed by atoms with E-state index < -0.39 is 0 Å². The van der Waals surface area contributed by atoms with Gasteiger partial charge in [-0.15, -0.1) is 0 Å². The average Bonchev–Trinajstić information content (AvgIpc) is 2.85. The molecule has 4 aromatic rings. The molecule has 0 saturated carbocycles. The zero-order valence-electron chi connectivity index (χ0n) is 19.2. The van der Waals surface area contributed by atoms with E-state index in [2.05, 4.69) is 22.7 Å². The van der Waals surface area contributed by atoms with Crippen LogP contribution in [0.5, 0.6) is 5.75 Å². The molecule has 0 aliphatic heterocycles. The maximum absolute atomic E-state index is 12.5. The Labute approximate surface area is 199 Å².